The van der Waals surface area contributed by atoms with Gasteiger partial charge in [-0.25, -0.2) is 9.78 Å². The van der Waals surface area contributed by atoms with Crippen LogP contribution in [0.5, 0.6) is 5.75 Å². The number of ether oxygens (including phenoxy) is 2. The number of esters is 1. The minimum absolute atomic E-state index is 0.00936. The molecule has 0 N–H and O–H groups in total. The molecule has 6 nitrogen and oxygen atoms in total. The normalized spacial score (nSPS) is 11.6. The lowest BCUT2D eigenvalue weighted by Crippen LogP contribution is -2.26. The minimum atomic E-state index is -0.743. The summed E-state index contributed by atoms with van der Waals surface area (Å²) in [7, 11) is 0. The molecule has 0 aliphatic carbocycles. The van der Waals surface area contributed by atoms with Crippen molar-refractivity contribution in [3.05, 3.63) is 70.2 Å². The van der Waals surface area contributed by atoms with Crippen LogP contribution in [0.1, 0.15) is 36.2 Å². The average molecular weight is 439 g/mol. The van der Waals surface area contributed by atoms with E-state index in [9.17, 15) is 9.59 Å². The summed E-state index contributed by atoms with van der Waals surface area (Å²) in [6.07, 6.45) is -0.743. The summed E-state index contributed by atoms with van der Waals surface area (Å²) in [5.41, 5.74) is 4.56. The number of aryl methyl sites for hydroxylation is 3. The predicted molar refractivity (Wildman–Crippen MR) is 122 cm³/mol. The van der Waals surface area contributed by atoms with Crippen LogP contribution in [0.4, 0.5) is 10.8 Å². The Balaban J connectivity index is 1.70. The van der Waals surface area contributed by atoms with E-state index in [1.165, 1.54) is 18.3 Å². The second-order valence-electron chi connectivity index (χ2n) is 7.40. The van der Waals surface area contributed by atoms with Crippen LogP contribution >= 0.6 is 11.3 Å². The van der Waals surface area contributed by atoms with E-state index in [2.05, 4.69) is 4.98 Å². The van der Waals surface area contributed by atoms with Crippen molar-refractivity contribution < 1.29 is 19.1 Å². The second kappa shape index (κ2) is 9.75. The van der Waals surface area contributed by atoms with Crippen LogP contribution in [0.25, 0.3) is 0 Å². The van der Waals surface area contributed by atoms with E-state index >= 15 is 0 Å². The number of amides is 1. The van der Waals surface area contributed by atoms with E-state index < -0.39 is 12.1 Å². The Morgan fingerprint density at radius 1 is 1.10 bits per heavy atom. The second-order valence-corrected chi connectivity index (χ2v) is 8.24. The lowest BCUT2D eigenvalue weighted by molar-refractivity contribution is -0.152. The fourth-order valence-corrected chi connectivity index (χ4v) is 4.25. The molecule has 31 heavy (non-hydrogen) atoms. The molecule has 1 amide bonds. The lowest BCUT2D eigenvalue weighted by atomic mass is 10.0. The number of para-hydroxylation sites is 1. The SMILES string of the molecule is CC(=O)N(c1nc(COC(=O)C(C)Oc2ccccc2)cs1)c1c(C)cc(C)cc1C. The van der Waals surface area contributed by atoms with E-state index in [0.717, 1.165) is 22.4 Å². The number of thiazole rings is 1. The molecule has 1 unspecified atom stereocenters. The van der Waals surface area contributed by atoms with Gasteiger partial charge in [0.05, 0.1) is 11.4 Å². The van der Waals surface area contributed by atoms with Crippen molar-refractivity contribution in [2.45, 2.75) is 47.3 Å². The summed E-state index contributed by atoms with van der Waals surface area (Å²) >= 11 is 1.34. The van der Waals surface area contributed by atoms with Gasteiger partial charge in [0.25, 0.3) is 0 Å². The molecule has 0 aliphatic rings. The Bertz CT molecular complexity index is 1060. The van der Waals surface area contributed by atoms with Gasteiger partial charge in [0.15, 0.2) is 11.2 Å². The molecule has 7 heteroatoms. The number of benzene rings is 2. The zero-order chi connectivity index (χ0) is 22.5. The highest BCUT2D eigenvalue weighted by atomic mass is 32.1. The van der Waals surface area contributed by atoms with Gasteiger partial charge in [-0.2, -0.15) is 0 Å². The Morgan fingerprint density at radius 2 is 1.74 bits per heavy atom. The number of rotatable bonds is 7. The molecule has 0 radical (unpaired) electrons. The topological polar surface area (TPSA) is 68.7 Å². The number of anilines is 2. The maximum Gasteiger partial charge on any atom is 0.347 e. The number of carbonyl (C=O) groups is 2. The average Bonchev–Trinajstić information content (AvgIpc) is 3.17. The van der Waals surface area contributed by atoms with Crippen LogP contribution in [0, 0.1) is 20.8 Å². The van der Waals surface area contributed by atoms with Gasteiger partial charge in [-0.1, -0.05) is 35.9 Å². The standard InChI is InChI=1S/C24H26N2O4S/c1-15-11-16(2)22(17(3)12-15)26(19(5)27)24-25-20(14-31-24)13-29-23(28)18(4)30-21-9-7-6-8-10-21/h6-12,14,18H,13H2,1-5H3. The van der Waals surface area contributed by atoms with Gasteiger partial charge in [0, 0.05) is 12.3 Å². The number of hydrogen-bond donors (Lipinski definition) is 0. The monoisotopic (exact) mass is 438 g/mol. The third-order valence-corrected chi connectivity index (χ3v) is 5.53. The van der Waals surface area contributed by atoms with E-state index in [0.29, 0.717) is 16.6 Å². The molecule has 2 aromatic carbocycles. The van der Waals surface area contributed by atoms with Crippen molar-refractivity contribution in [1.29, 1.82) is 0 Å². The third kappa shape index (κ3) is 5.49. The van der Waals surface area contributed by atoms with Crippen LogP contribution in [0.2, 0.25) is 0 Å². The number of carbonyl (C=O) groups excluding carboxylic acids is 2. The van der Waals surface area contributed by atoms with Crippen molar-refractivity contribution in [3.8, 4) is 5.75 Å². The van der Waals surface area contributed by atoms with Gasteiger partial charge in [-0.3, -0.25) is 9.69 Å². The highest BCUT2D eigenvalue weighted by molar-refractivity contribution is 7.14. The highest BCUT2D eigenvalue weighted by Crippen LogP contribution is 2.34. The molecule has 1 aromatic heterocycles. The summed E-state index contributed by atoms with van der Waals surface area (Å²) in [6, 6.07) is 13.2. The van der Waals surface area contributed by atoms with Crippen molar-refractivity contribution in [2.24, 2.45) is 0 Å². The molecule has 0 fully saturated rings. The van der Waals surface area contributed by atoms with Crippen molar-refractivity contribution in [1.82, 2.24) is 4.98 Å². The molecular formula is C24H26N2O4S. The van der Waals surface area contributed by atoms with E-state index in [1.54, 1.807) is 29.3 Å². The zero-order valence-corrected chi connectivity index (χ0v) is 19.2. The van der Waals surface area contributed by atoms with Gasteiger partial charge >= 0.3 is 5.97 Å². The van der Waals surface area contributed by atoms with Crippen molar-refractivity contribution in [3.63, 3.8) is 0 Å². The number of hydrogen-bond acceptors (Lipinski definition) is 6. The first-order valence-corrected chi connectivity index (χ1v) is 10.9. The number of aromatic nitrogens is 1. The Morgan fingerprint density at radius 3 is 2.35 bits per heavy atom. The summed E-state index contributed by atoms with van der Waals surface area (Å²) in [5.74, 6) is -0.00582. The van der Waals surface area contributed by atoms with Crippen LogP contribution in [0.3, 0.4) is 0 Å². The molecule has 0 saturated heterocycles. The quantitative estimate of drug-likeness (QED) is 0.471. The molecule has 1 heterocycles. The molecule has 0 bridgehead atoms. The zero-order valence-electron chi connectivity index (χ0n) is 18.3. The predicted octanol–water partition coefficient (Wildman–Crippen LogP) is 5.26. The van der Waals surface area contributed by atoms with E-state index in [4.69, 9.17) is 9.47 Å². The van der Waals surface area contributed by atoms with E-state index in [1.807, 2.05) is 51.1 Å². The molecule has 0 spiro atoms. The first-order valence-electron chi connectivity index (χ1n) is 9.97. The first-order chi connectivity index (χ1) is 14.8. The molecule has 3 rings (SSSR count). The fourth-order valence-electron chi connectivity index (χ4n) is 3.39. The molecule has 1 atom stereocenters. The fraction of sp³-hybridized carbons (Fsp3) is 0.292. The molecule has 162 valence electrons. The van der Waals surface area contributed by atoms with Crippen LogP contribution in [0.15, 0.2) is 47.8 Å². The summed E-state index contributed by atoms with van der Waals surface area (Å²) in [5, 5.41) is 2.34. The maximum atomic E-state index is 12.5. The van der Waals surface area contributed by atoms with Crippen LogP contribution in [-0.2, 0) is 20.9 Å². The third-order valence-electron chi connectivity index (χ3n) is 4.66. The molecule has 3 aromatic rings. The molecule has 0 saturated carbocycles. The maximum absolute atomic E-state index is 12.5. The Kier molecular flexibility index (Phi) is 7.07. The Hall–Kier alpha value is -3.19. The summed E-state index contributed by atoms with van der Waals surface area (Å²) < 4.78 is 10.9. The van der Waals surface area contributed by atoms with Gasteiger partial charge in [0.2, 0.25) is 5.91 Å². The lowest BCUT2D eigenvalue weighted by Gasteiger charge is -2.23. The number of nitrogens with zero attached hydrogens (tertiary/aromatic N) is 2. The largest absolute Gasteiger partial charge is 0.479 e. The van der Waals surface area contributed by atoms with Crippen LogP contribution < -0.4 is 9.64 Å². The Labute approximate surface area is 186 Å². The van der Waals surface area contributed by atoms with Crippen LogP contribution in [-0.4, -0.2) is 23.0 Å². The van der Waals surface area contributed by atoms with E-state index in [-0.39, 0.29) is 12.5 Å². The summed E-state index contributed by atoms with van der Waals surface area (Å²) in [4.78, 5) is 30.9. The minimum Gasteiger partial charge on any atom is -0.479 e. The van der Waals surface area contributed by atoms with Gasteiger partial charge in [-0.15, -0.1) is 11.3 Å². The van der Waals surface area contributed by atoms with Gasteiger partial charge in [-0.05, 0) is 51.0 Å². The summed E-state index contributed by atoms with van der Waals surface area (Å²) in [6.45, 7) is 9.16. The van der Waals surface area contributed by atoms with Gasteiger partial charge < -0.3 is 9.47 Å². The van der Waals surface area contributed by atoms with Gasteiger partial charge in [0.1, 0.15) is 12.4 Å². The van der Waals surface area contributed by atoms with Crippen molar-refractivity contribution >= 4 is 34.0 Å². The molecule has 0 aliphatic heterocycles. The smallest absolute Gasteiger partial charge is 0.347 e. The first kappa shape index (κ1) is 22.5. The van der Waals surface area contributed by atoms with Crippen molar-refractivity contribution in [2.75, 3.05) is 4.90 Å². The highest BCUT2D eigenvalue weighted by Gasteiger charge is 2.23. The molecular weight excluding hydrogens is 412 g/mol.